The maximum absolute atomic E-state index is 12.9. The minimum atomic E-state index is -0.440. The topological polar surface area (TPSA) is 70.7 Å². The van der Waals surface area contributed by atoms with E-state index in [1.54, 1.807) is 4.90 Å². The number of carbonyl (C=O) groups is 2. The minimum Gasteiger partial charge on any atom is -0.445 e. The smallest absolute Gasteiger partial charge is 0.410 e. The van der Waals surface area contributed by atoms with Gasteiger partial charge in [-0.15, -0.1) is 0 Å². The lowest BCUT2D eigenvalue weighted by Crippen LogP contribution is -2.63. The summed E-state index contributed by atoms with van der Waals surface area (Å²) < 4.78 is 5.45. The SMILES string of the molecule is CC1(C)CC(NC(=O)C2CCCN2C(=O)OCc2ccccc2)CC(C)(C)N1. The Hall–Kier alpha value is -2.08. The van der Waals surface area contributed by atoms with Crippen LogP contribution in [0.3, 0.4) is 0 Å². The molecule has 6 nitrogen and oxygen atoms in total. The average Bonchev–Trinajstić information content (AvgIpc) is 3.07. The second-order valence-corrected chi connectivity index (χ2v) is 9.40. The van der Waals surface area contributed by atoms with E-state index in [4.69, 9.17) is 4.74 Å². The molecule has 2 aliphatic rings. The summed E-state index contributed by atoms with van der Waals surface area (Å²) >= 11 is 0. The first-order valence-electron chi connectivity index (χ1n) is 10.2. The molecule has 2 N–H and O–H groups in total. The zero-order valence-corrected chi connectivity index (χ0v) is 17.5. The highest BCUT2D eigenvalue weighted by atomic mass is 16.6. The first-order valence-corrected chi connectivity index (χ1v) is 10.2. The quantitative estimate of drug-likeness (QED) is 0.832. The van der Waals surface area contributed by atoms with E-state index >= 15 is 0 Å². The van der Waals surface area contributed by atoms with Gasteiger partial charge in [-0.3, -0.25) is 9.69 Å². The van der Waals surface area contributed by atoms with Gasteiger partial charge in [0.1, 0.15) is 12.6 Å². The standard InChI is InChI=1S/C22H33N3O3/c1-21(2)13-17(14-22(3,4)24-21)23-19(26)18-11-8-12-25(18)20(27)28-15-16-9-6-5-7-10-16/h5-7,9-10,17-18,24H,8,11-15H2,1-4H3,(H,23,26). The van der Waals surface area contributed by atoms with E-state index in [2.05, 4.69) is 38.3 Å². The Bertz CT molecular complexity index is 686. The molecule has 2 amide bonds. The Morgan fingerprint density at radius 2 is 1.79 bits per heavy atom. The van der Waals surface area contributed by atoms with Crippen LogP contribution in [-0.2, 0) is 16.1 Å². The number of carbonyl (C=O) groups excluding carboxylic acids is 2. The molecular weight excluding hydrogens is 354 g/mol. The number of benzene rings is 1. The van der Waals surface area contributed by atoms with Crippen LogP contribution in [0.1, 0.15) is 58.9 Å². The highest BCUT2D eigenvalue weighted by molar-refractivity contribution is 5.86. The lowest BCUT2D eigenvalue weighted by atomic mass is 9.79. The van der Waals surface area contributed by atoms with Crippen LogP contribution in [0.2, 0.25) is 0 Å². The van der Waals surface area contributed by atoms with Gasteiger partial charge in [-0.2, -0.15) is 0 Å². The van der Waals surface area contributed by atoms with Gasteiger partial charge >= 0.3 is 6.09 Å². The van der Waals surface area contributed by atoms with Crippen LogP contribution in [0.25, 0.3) is 0 Å². The van der Waals surface area contributed by atoms with Crippen molar-refractivity contribution in [2.45, 2.75) is 83.1 Å². The third-order valence-electron chi connectivity index (χ3n) is 5.53. The molecule has 1 atom stereocenters. The number of amides is 2. The van der Waals surface area contributed by atoms with Gasteiger partial charge in [0.2, 0.25) is 5.91 Å². The molecule has 154 valence electrons. The van der Waals surface area contributed by atoms with Crippen LogP contribution in [0, 0.1) is 0 Å². The van der Waals surface area contributed by atoms with E-state index in [-0.39, 0.29) is 29.6 Å². The number of piperidine rings is 1. The molecule has 0 saturated carbocycles. The highest BCUT2D eigenvalue weighted by Gasteiger charge is 2.41. The van der Waals surface area contributed by atoms with Crippen LogP contribution in [-0.4, -0.2) is 46.6 Å². The van der Waals surface area contributed by atoms with E-state index in [9.17, 15) is 9.59 Å². The number of ether oxygens (including phenoxy) is 1. The predicted molar refractivity (Wildman–Crippen MR) is 109 cm³/mol. The second kappa shape index (κ2) is 8.11. The van der Waals surface area contributed by atoms with E-state index in [1.807, 2.05) is 30.3 Å². The van der Waals surface area contributed by atoms with Crippen molar-refractivity contribution < 1.29 is 14.3 Å². The van der Waals surface area contributed by atoms with E-state index in [0.29, 0.717) is 13.0 Å². The summed E-state index contributed by atoms with van der Waals surface area (Å²) in [5, 5.41) is 6.83. The van der Waals surface area contributed by atoms with Crippen molar-refractivity contribution in [2.75, 3.05) is 6.54 Å². The molecule has 2 heterocycles. The fraction of sp³-hybridized carbons (Fsp3) is 0.636. The van der Waals surface area contributed by atoms with Gasteiger partial charge in [0.15, 0.2) is 0 Å². The maximum atomic E-state index is 12.9. The van der Waals surface area contributed by atoms with Crippen LogP contribution in [0.5, 0.6) is 0 Å². The third kappa shape index (κ3) is 5.25. The number of nitrogens with one attached hydrogen (secondary N) is 2. The zero-order chi connectivity index (χ0) is 20.4. The number of rotatable bonds is 4. The van der Waals surface area contributed by atoms with Crippen LogP contribution < -0.4 is 10.6 Å². The Labute approximate surface area is 168 Å². The summed E-state index contributed by atoms with van der Waals surface area (Å²) in [4.78, 5) is 27.1. The molecule has 1 aromatic rings. The van der Waals surface area contributed by atoms with Gasteiger partial charge in [-0.25, -0.2) is 4.79 Å². The van der Waals surface area contributed by atoms with Crippen molar-refractivity contribution in [1.82, 2.24) is 15.5 Å². The maximum Gasteiger partial charge on any atom is 0.410 e. The summed E-state index contributed by atoms with van der Waals surface area (Å²) in [5.41, 5.74) is 0.864. The molecule has 1 aromatic carbocycles. The largest absolute Gasteiger partial charge is 0.445 e. The molecule has 2 fully saturated rings. The highest BCUT2D eigenvalue weighted by Crippen LogP contribution is 2.29. The Kier molecular flexibility index (Phi) is 5.98. The fourth-order valence-electron chi connectivity index (χ4n) is 4.78. The monoisotopic (exact) mass is 387 g/mol. The molecule has 0 aliphatic carbocycles. The lowest BCUT2D eigenvalue weighted by molar-refractivity contribution is -0.126. The third-order valence-corrected chi connectivity index (χ3v) is 5.53. The normalized spacial score (nSPS) is 24.0. The minimum absolute atomic E-state index is 0.0380. The van der Waals surface area contributed by atoms with Crippen LogP contribution >= 0.6 is 0 Å². The molecule has 0 radical (unpaired) electrons. The van der Waals surface area contributed by atoms with Gasteiger partial charge in [-0.1, -0.05) is 30.3 Å². The number of likely N-dealkylation sites (tertiary alicyclic amines) is 1. The predicted octanol–water partition coefficient (Wildman–Crippen LogP) is 3.21. The summed E-state index contributed by atoms with van der Waals surface area (Å²) in [5.74, 6) is -0.0624. The van der Waals surface area contributed by atoms with Gasteiger partial charge in [0.05, 0.1) is 0 Å². The molecule has 28 heavy (non-hydrogen) atoms. The number of nitrogens with zero attached hydrogens (tertiary/aromatic N) is 1. The van der Waals surface area contributed by atoms with Crippen molar-refractivity contribution in [3.05, 3.63) is 35.9 Å². The van der Waals surface area contributed by atoms with Gasteiger partial charge in [-0.05, 0) is 58.9 Å². The molecule has 2 aliphatic heterocycles. The van der Waals surface area contributed by atoms with Crippen LogP contribution in [0.15, 0.2) is 30.3 Å². The van der Waals surface area contributed by atoms with Crippen molar-refractivity contribution in [3.63, 3.8) is 0 Å². The van der Waals surface area contributed by atoms with E-state index in [1.165, 1.54) is 0 Å². The lowest BCUT2D eigenvalue weighted by Gasteiger charge is -2.46. The average molecular weight is 388 g/mol. The Morgan fingerprint density at radius 3 is 2.43 bits per heavy atom. The van der Waals surface area contributed by atoms with Gasteiger partial charge < -0.3 is 15.4 Å². The van der Waals surface area contributed by atoms with E-state index < -0.39 is 12.1 Å². The number of hydrogen-bond donors (Lipinski definition) is 2. The van der Waals surface area contributed by atoms with Crippen molar-refractivity contribution in [3.8, 4) is 0 Å². The molecule has 6 heteroatoms. The van der Waals surface area contributed by atoms with E-state index in [0.717, 1.165) is 24.8 Å². The first-order chi connectivity index (χ1) is 13.2. The molecule has 0 spiro atoms. The van der Waals surface area contributed by atoms with Gasteiger partial charge in [0, 0.05) is 23.7 Å². The summed E-state index contributed by atoms with van der Waals surface area (Å²) in [6.07, 6.45) is 2.83. The van der Waals surface area contributed by atoms with Gasteiger partial charge in [0.25, 0.3) is 0 Å². The van der Waals surface area contributed by atoms with Crippen molar-refractivity contribution >= 4 is 12.0 Å². The fourth-order valence-corrected chi connectivity index (χ4v) is 4.78. The van der Waals surface area contributed by atoms with Crippen molar-refractivity contribution in [1.29, 1.82) is 0 Å². The second-order valence-electron chi connectivity index (χ2n) is 9.40. The zero-order valence-electron chi connectivity index (χ0n) is 17.5. The summed E-state index contributed by atoms with van der Waals surface area (Å²) in [7, 11) is 0. The molecule has 3 rings (SSSR count). The van der Waals surface area contributed by atoms with Crippen molar-refractivity contribution in [2.24, 2.45) is 0 Å². The molecular formula is C22H33N3O3. The number of hydrogen-bond acceptors (Lipinski definition) is 4. The van der Waals surface area contributed by atoms with Crippen LogP contribution in [0.4, 0.5) is 4.79 Å². The Balaban J connectivity index is 1.57. The summed E-state index contributed by atoms with van der Waals surface area (Å²) in [6.45, 7) is 9.44. The Morgan fingerprint density at radius 1 is 1.14 bits per heavy atom. The molecule has 0 bridgehead atoms. The summed E-state index contributed by atoms with van der Waals surface area (Å²) in [6, 6.07) is 9.25. The molecule has 2 saturated heterocycles. The molecule has 0 aromatic heterocycles. The first kappa shape index (κ1) is 20.6. The molecule has 1 unspecified atom stereocenters.